The zero-order chi connectivity index (χ0) is 19.6. The molecule has 7 heteroatoms. The Balaban J connectivity index is 1.67. The van der Waals surface area contributed by atoms with E-state index in [1.807, 2.05) is 13.0 Å². The second-order valence-electron chi connectivity index (χ2n) is 6.84. The van der Waals surface area contributed by atoms with E-state index in [0.29, 0.717) is 23.5 Å². The smallest absolute Gasteiger partial charge is 0.338 e. The highest BCUT2D eigenvalue weighted by molar-refractivity contribution is 5.85. The van der Waals surface area contributed by atoms with E-state index >= 15 is 0 Å². The van der Waals surface area contributed by atoms with Crippen molar-refractivity contribution in [2.24, 2.45) is 0 Å². The quantitative estimate of drug-likeness (QED) is 0.472. The highest BCUT2D eigenvalue weighted by Crippen LogP contribution is 2.35. The fourth-order valence-corrected chi connectivity index (χ4v) is 3.07. The minimum absolute atomic E-state index is 0.266. The lowest BCUT2D eigenvalue weighted by Gasteiger charge is -2.12. The highest BCUT2D eigenvalue weighted by atomic mass is 16.6. The molecule has 0 bridgehead atoms. The number of rotatable bonds is 6. The van der Waals surface area contributed by atoms with Crippen molar-refractivity contribution in [1.29, 1.82) is 0 Å². The summed E-state index contributed by atoms with van der Waals surface area (Å²) in [6, 6.07) is 6.55. The van der Waals surface area contributed by atoms with E-state index in [1.165, 1.54) is 20.1 Å². The number of cyclic esters (lactones) is 1. The van der Waals surface area contributed by atoms with Gasteiger partial charge in [-0.05, 0) is 38.1 Å². The van der Waals surface area contributed by atoms with Crippen LogP contribution in [0.4, 0.5) is 0 Å². The zero-order valence-corrected chi connectivity index (χ0v) is 15.5. The molecule has 0 spiro atoms. The van der Waals surface area contributed by atoms with Crippen LogP contribution in [-0.2, 0) is 9.53 Å². The first-order chi connectivity index (χ1) is 12.8. The number of hydrogen-bond acceptors (Lipinski definition) is 7. The Morgan fingerprint density at radius 1 is 1.33 bits per heavy atom. The first kappa shape index (κ1) is 19.0. The van der Waals surface area contributed by atoms with Gasteiger partial charge in [0, 0.05) is 24.3 Å². The molecule has 27 heavy (non-hydrogen) atoms. The van der Waals surface area contributed by atoms with Crippen LogP contribution < -0.4 is 15.1 Å². The lowest BCUT2D eigenvalue weighted by atomic mass is 9.99. The van der Waals surface area contributed by atoms with Crippen molar-refractivity contribution in [3.8, 4) is 11.5 Å². The number of carbonyl (C=O) groups excluding carboxylic acids is 1. The van der Waals surface area contributed by atoms with E-state index in [9.17, 15) is 14.7 Å². The van der Waals surface area contributed by atoms with E-state index in [1.54, 1.807) is 18.2 Å². The van der Waals surface area contributed by atoms with E-state index in [4.69, 9.17) is 18.6 Å². The minimum atomic E-state index is -1.41. The van der Waals surface area contributed by atoms with Gasteiger partial charge in [0.2, 0.25) is 5.75 Å². The summed E-state index contributed by atoms with van der Waals surface area (Å²) < 4.78 is 21.5. The molecule has 0 saturated carbocycles. The Kier molecular flexibility index (Phi) is 5.23. The van der Waals surface area contributed by atoms with Gasteiger partial charge in [0.25, 0.3) is 0 Å². The zero-order valence-electron chi connectivity index (χ0n) is 15.5. The van der Waals surface area contributed by atoms with Crippen LogP contribution in [0.25, 0.3) is 11.0 Å². The van der Waals surface area contributed by atoms with Gasteiger partial charge >= 0.3 is 11.6 Å². The SMILES string of the molecule is COc1c(OCC=C(C)CC2CC(C)(O)C(=O)O2)ccc2ccc(=O)oc12. The molecule has 1 saturated heterocycles. The highest BCUT2D eigenvalue weighted by Gasteiger charge is 2.43. The number of ether oxygens (including phenoxy) is 3. The maximum Gasteiger partial charge on any atom is 0.338 e. The molecule has 3 rings (SSSR count). The van der Waals surface area contributed by atoms with Gasteiger partial charge in [-0.2, -0.15) is 0 Å². The number of benzene rings is 1. The Morgan fingerprint density at radius 2 is 2.07 bits per heavy atom. The molecule has 1 aromatic carbocycles. The van der Waals surface area contributed by atoms with E-state index in [2.05, 4.69) is 0 Å². The third-order valence-electron chi connectivity index (χ3n) is 4.47. The fraction of sp³-hybridized carbons (Fsp3) is 0.400. The summed E-state index contributed by atoms with van der Waals surface area (Å²) in [6.07, 6.45) is 2.32. The van der Waals surface area contributed by atoms with Gasteiger partial charge in [0.15, 0.2) is 16.9 Å². The normalized spacial score (nSPS) is 22.7. The minimum Gasteiger partial charge on any atom is -0.490 e. The van der Waals surface area contributed by atoms with Crippen LogP contribution in [0.2, 0.25) is 0 Å². The number of methoxy groups -OCH3 is 1. The first-order valence-electron chi connectivity index (χ1n) is 8.63. The van der Waals surface area contributed by atoms with Crippen LogP contribution in [-0.4, -0.2) is 36.5 Å². The number of carbonyl (C=O) groups is 1. The molecule has 1 aromatic heterocycles. The molecule has 1 N–H and O–H groups in total. The van der Waals surface area contributed by atoms with Crippen LogP contribution in [0.3, 0.4) is 0 Å². The van der Waals surface area contributed by atoms with E-state index in [0.717, 1.165) is 11.0 Å². The molecular formula is C20H22O7. The largest absolute Gasteiger partial charge is 0.490 e. The summed E-state index contributed by atoms with van der Waals surface area (Å²) in [4.78, 5) is 23.0. The maximum absolute atomic E-state index is 11.5. The second kappa shape index (κ2) is 7.44. The van der Waals surface area contributed by atoms with Crippen molar-refractivity contribution in [1.82, 2.24) is 0 Å². The van der Waals surface area contributed by atoms with Gasteiger partial charge in [0.05, 0.1) is 7.11 Å². The van der Waals surface area contributed by atoms with Crippen molar-refractivity contribution in [2.45, 2.75) is 38.4 Å². The topological polar surface area (TPSA) is 95.2 Å². The molecule has 0 aliphatic carbocycles. The molecular weight excluding hydrogens is 352 g/mol. The third-order valence-corrected chi connectivity index (χ3v) is 4.47. The molecule has 2 atom stereocenters. The van der Waals surface area contributed by atoms with E-state index in [-0.39, 0.29) is 19.1 Å². The Morgan fingerprint density at radius 3 is 2.74 bits per heavy atom. The average molecular weight is 374 g/mol. The number of hydrogen-bond donors (Lipinski definition) is 1. The lowest BCUT2D eigenvalue weighted by molar-refractivity contribution is -0.153. The Labute approximate surface area is 156 Å². The van der Waals surface area contributed by atoms with Crippen molar-refractivity contribution in [2.75, 3.05) is 13.7 Å². The van der Waals surface area contributed by atoms with Crippen LogP contribution in [0.5, 0.6) is 11.5 Å². The van der Waals surface area contributed by atoms with Crippen molar-refractivity contribution >= 4 is 16.9 Å². The summed E-state index contributed by atoms with van der Waals surface area (Å²) in [7, 11) is 1.48. The molecule has 1 aliphatic heterocycles. The summed E-state index contributed by atoms with van der Waals surface area (Å²) in [5.74, 6) is 0.231. The molecule has 2 unspecified atom stereocenters. The first-order valence-corrected chi connectivity index (χ1v) is 8.63. The number of fused-ring (bicyclic) bond motifs is 1. The molecule has 7 nitrogen and oxygen atoms in total. The second-order valence-corrected chi connectivity index (χ2v) is 6.84. The molecule has 2 heterocycles. The summed E-state index contributed by atoms with van der Waals surface area (Å²) in [5, 5.41) is 10.6. The Hall–Kier alpha value is -2.80. The Bertz CT molecular complexity index is 939. The summed E-state index contributed by atoms with van der Waals surface area (Å²) in [5.41, 5.74) is -0.570. The van der Waals surface area contributed by atoms with Crippen LogP contribution in [0, 0.1) is 0 Å². The number of aliphatic hydroxyl groups is 1. The standard InChI is InChI=1S/C20H22O7/c1-12(10-14-11-20(2,23)19(22)26-14)8-9-25-15-6-4-13-5-7-16(21)27-17(13)18(15)24-3/h4-8,14,23H,9-11H2,1-3H3. The van der Waals surface area contributed by atoms with Crippen LogP contribution in [0.1, 0.15) is 26.7 Å². The van der Waals surface area contributed by atoms with Gasteiger partial charge in [-0.15, -0.1) is 0 Å². The molecule has 0 radical (unpaired) electrons. The van der Waals surface area contributed by atoms with Crippen molar-refractivity contribution in [3.05, 3.63) is 46.3 Å². The van der Waals surface area contributed by atoms with Gasteiger partial charge in [0.1, 0.15) is 12.7 Å². The number of esters is 1. The lowest BCUT2D eigenvalue weighted by Crippen LogP contribution is -2.29. The van der Waals surface area contributed by atoms with Gasteiger partial charge < -0.3 is 23.7 Å². The fourth-order valence-electron chi connectivity index (χ4n) is 3.07. The van der Waals surface area contributed by atoms with Crippen LogP contribution >= 0.6 is 0 Å². The van der Waals surface area contributed by atoms with Gasteiger partial charge in [-0.1, -0.05) is 5.57 Å². The predicted octanol–water partition coefficient (Wildman–Crippen LogP) is 2.58. The van der Waals surface area contributed by atoms with E-state index < -0.39 is 17.2 Å². The van der Waals surface area contributed by atoms with Crippen molar-refractivity contribution < 1.29 is 28.5 Å². The average Bonchev–Trinajstić information content (AvgIpc) is 2.86. The van der Waals surface area contributed by atoms with Crippen LogP contribution in [0.15, 0.2) is 45.1 Å². The monoisotopic (exact) mass is 374 g/mol. The summed E-state index contributed by atoms with van der Waals surface area (Å²) >= 11 is 0. The molecule has 1 fully saturated rings. The van der Waals surface area contributed by atoms with Crippen molar-refractivity contribution in [3.63, 3.8) is 0 Å². The summed E-state index contributed by atoms with van der Waals surface area (Å²) in [6.45, 7) is 3.63. The molecule has 0 amide bonds. The predicted molar refractivity (Wildman–Crippen MR) is 98.0 cm³/mol. The van der Waals surface area contributed by atoms with Gasteiger partial charge in [-0.25, -0.2) is 9.59 Å². The molecule has 2 aromatic rings. The maximum atomic E-state index is 11.5. The molecule has 144 valence electrons. The third kappa shape index (κ3) is 4.14. The molecule has 1 aliphatic rings. The van der Waals surface area contributed by atoms with Gasteiger partial charge in [-0.3, -0.25) is 0 Å².